The molecule has 0 aliphatic carbocycles. The zero-order chi connectivity index (χ0) is 22.4. The van der Waals surface area contributed by atoms with Gasteiger partial charge in [-0.05, 0) is 60.9 Å². The van der Waals surface area contributed by atoms with Crippen molar-refractivity contribution in [2.75, 3.05) is 0 Å². The van der Waals surface area contributed by atoms with E-state index in [4.69, 9.17) is 0 Å². The molecular weight excluding hydrogens is 483 g/mol. The molecule has 3 aromatic rings. The maximum atomic E-state index is 13.2. The van der Waals surface area contributed by atoms with Crippen LogP contribution in [0.1, 0.15) is 24.1 Å². The predicted molar refractivity (Wildman–Crippen MR) is 121 cm³/mol. The molecular formula is C23H22BrFN2O3S. The van der Waals surface area contributed by atoms with E-state index in [9.17, 15) is 17.6 Å². The average Bonchev–Trinajstić information content (AvgIpc) is 2.74. The zero-order valence-corrected chi connectivity index (χ0v) is 19.2. The van der Waals surface area contributed by atoms with Gasteiger partial charge in [-0.1, -0.05) is 58.4 Å². The van der Waals surface area contributed by atoms with Crippen molar-refractivity contribution in [3.63, 3.8) is 0 Å². The molecule has 3 aromatic carbocycles. The van der Waals surface area contributed by atoms with Crippen molar-refractivity contribution in [2.45, 2.75) is 30.3 Å². The Morgan fingerprint density at radius 3 is 2.32 bits per heavy atom. The van der Waals surface area contributed by atoms with Crippen molar-refractivity contribution in [1.29, 1.82) is 0 Å². The highest BCUT2D eigenvalue weighted by atomic mass is 79.9. The minimum atomic E-state index is -4.03. The number of hydrogen-bond donors (Lipinski definition) is 2. The first-order valence-electron chi connectivity index (χ1n) is 9.62. The van der Waals surface area contributed by atoms with E-state index in [0.29, 0.717) is 0 Å². The van der Waals surface area contributed by atoms with Gasteiger partial charge in [0.05, 0.1) is 10.9 Å². The van der Waals surface area contributed by atoms with Gasteiger partial charge in [-0.3, -0.25) is 4.79 Å². The first-order valence-corrected chi connectivity index (χ1v) is 11.9. The largest absolute Gasteiger partial charge is 0.348 e. The molecule has 2 N–H and O–H groups in total. The van der Waals surface area contributed by atoms with Gasteiger partial charge in [-0.2, -0.15) is 4.72 Å². The van der Waals surface area contributed by atoms with Crippen LogP contribution in [0.3, 0.4) is 0 Å². The Labute approximate surface area is 189 Å². The van der Waals surface area contributed by atoms with E-state index in [-0.39, 0.29) is 17.4 Å². The maximum Gasteiger partial charge on any atom is 0.241 e. The second kappa shape index (κ2) is 10.2. The summed E-state index contributed by atoms with van der Waals surface area (Å²) in [4.78, 5) is 13.0. The summed E-state index contributed by atoms with van der Waals surface area (Å²) in [6, 6.07) is 19.7. The summed E-state index contributed by atoms with van der Waals surface area (Å²) in [5.74, 6) is -0.998. The van der Waals surface area contributed by atoms with Crippen LogP contribution < -0.4 is 10.0 Å². The van der Waals surface area contributed by atoms with E-state index in [0.717, 1.165) is 27.7 Å². The predicted octanol–water partition coefficient (Wildman–Crippen LogP) is 4.36. The molecule has 0 heterocycles. The molecule has 0 aliphatic heterocycles. The summed E-state index contributed by atoms with van der Waals surface area (Å²) in [6.45, 7) is 1.83. The topological polar surface area (TPSA) is 75.3 Å². The van der Waals surface area contributed by atoms with Gasteiger partial charge in [0.15, 0.2) is 0 Å². The Kier molecular flexibility index (Phi) is 7.59. The summed E-state index contributed by atoms with van der Waals surface area (Å²) in [5, 5.41) is 2.88. The van der Waals surface area contributed by atoms with Crippen LogP contribution in [0.15, 0.2) is 88.2 Å². The van der Waals surface area contributed by atoms with E-state index < -0.39 is 27.8 Å². The SMILES string of the molecule is CC(NC(=O)C(Cc1ccccc1)NS(=O)(=O)c1ccc(F)cc1)c1cccc(Br)c1. The summed E-state index contributed by atoms with van der Waals surface area (Å²) in [7, 11) is -4.03. The summed E-state index contributed by atoms with van der Waals surface area (Å²) in [6.07, 6.45) is 0.165. The Morgan fingerprint density at radius 2 is 1.68 bits per heavy atom. The van der Waals surface area contributed by atoms with Crippen molar-refractivity contribution in [1.82, 2.24) is 10.0 Å². The van der Waals surface area contributed by atoms with Crippen LogP contribution in [0.4, 0.5) is 4.39 Å². The van der Waals surface area contributed by atoms with Crippen LogP contribution in [0.25, 0.3) is 0 Å². The van der Waals surface area contributed by atoms with Gasteiger partial charge in [0.25, 0.3) is 0 Å². The number of halogens is 2. The second-order valence-corrected chi connectivity index (χ2v) is 9.73. The van der Waals surface area contributed by atoms with Gasteiger partial charge in [0.2, 0.25) is 15.9 Å². The van der Waals surface area contributed by atoms with E-state index in [1.807, 2.05) is 61.5 Å². The van der Waals surface area contributed by atoms with Gasteiger partial charge < -0.3 is 5.32 Å². The second-order valence-electron chi connectivity index (χ2n) is 7.10. The molecule has 1 amide bonds. The number of benzene rings is 3. The molecule has 2 atom stereocenters. The van der Waals surface area contributed by atoms with E-state index >= 15 is 0 Å². The number of carbonyl (C=O) groups excluding carboxylic acids is 1. The van der Waals surface area contributed by atoms with Crippen LogP contribution in [-0.2, 0) is 21.2 Å². The van der Waals surface area contributed by atoms with Crippen LogP contribution >= 0.6 is 15.9 Å². The molecule has 0 aliphatic rings. The fraction of sp³-hybridized carbons (Fsp3) is 0.174. The Hall–Kier alpha value is -2.55. The molecule has 0 radical (unpaired) electrons. The van der Waals surface area contributed by atoms with Gasteiger partial charge >= 0.3 is 0 Å². The van der Waals surface area contributed by atoms with Gasteiger partial charge in [0, 0.05) is 4.47 Å². The summed E-state index contributed by atoms with van der Waals surface area (Å²) in [5.41, 5.74) is 1.68. The fourth-order valence-electron chi connectivity index (χ4n) is 3.08. The molecule has 5 nitrogen and oxygen atoms in total. The molecule has 162 valence electrons. The number of sulfonamides is 1. The van der Waals surface area contributed by atoms with Gasteiger partial charge in [-0.25, -0.2) is 12.8 Å². The lowest BCUT2D eigenvalue weighted by Crippen LogP contribution is -2.48. The van der Waals surface area contributed by atoms with E-state index in [1.165, 1.54) is 12.1 Å². The monoisotopic (exact) mass is 504 g/mol. The van der Waals surface area contributed by atoms with Crippen molar-refractivity contribution < 1.29 is 17.6 Å². The van der Waals surface area contributed by atoms with Crippen LogP contribution in [0, 0.1) is 5.82 Å². The number of rotatable bonds is 8. The molecule has 3 rings (SSSR count). The lowest BCUT2D eigenvalue weighted by molar-refractivity contribution is -0.123. The Bertz CT molecular complexity index is 1140. The van der Waals surface area contributed by atoms with Gasteiger partial charge in [-0.15, -0.1) is 0 Å². The first kappa shape index (κ1) is 23.1. The minimum absolute atomic E-state index is 0.111. The Balaban J connectivity index is 1.83. The van der Waals surface area contributed by atoms with Crippen molar-refractivity contribution in [2.24, 2.45) is 0 Å². The molecule has 0 aromatic heterocycles. The maximum absolute atomic E-state index is 13.2. The molecule has 0 bridgehead atoms. The number of carbonyl (C=O) groups is 1. The summed E-state index contributed by atoms with van der Waals surface area (Å²) < 4.78 is 42.2. The lowest BCUT2D eigenvalue weighted by Gasteiger charge is -2.22. The number of nitrogens with one attached hydrogen (secondary N) is 2. The smallest absolute Gasteiger partial charge is 0.241 e. The highest BCUT2D eigenvalue weighted by molar-refractivity contribution is 9.10. The molecule has 31 heavy (non-hydrogen) atoms. The van der Waals surface area contributed by atoms with Crippen LogP contribution in [-0.4, -0.2) is 20.4 Å². The van der Waals surface area contributed by atoms with Crippen LogP contribution in [0.2, 0.25) is 0 Å². The van der Waals surface area contributed by atoms with Crippen molar-refractivity contribution in [3.8, 4) is 0 Å². The zero-order valence-electron chi connectivity index (χ0n) is 16.8. The highest BCUT2D eigenvalue weighted by Crippen LogP contribution is 2.19. The third-order valence-electron chi connectivity index (χ3n) is 4.73. The standard InChI is InChI=1S/C23H22BrFN2O3S/c1-16(18-8-5-9-19(24)15-18)26-23(28)22(14-17-6-3-2-4-7-17)27-31(29,30)21-12-10-20(25)11-13-21/h2-13,15-16,22,27H,14H2,1H3,(H,26,28). The summed E-state index contributed by atoms with van der Waals surface area (Å²) >= 11 is 3.41. The normalized spacial score (nSPS) is 13.4. The lowest BCUT2D eigenvalue weighted by atomic mass is 10.0. The third kappa shape index (κ3) is 6.46. The van der Waals surface area contributed by atoms with Crippen molar-refractivity contribution >= 4 is 31.9 Å². The molecule has 0 saturated carbocycles. The molecule has 0 saturated heterocycles. The fourth-order valence-corrected chi connectivity index (χ4v) is 4.69. The molecule has 0 fully saturated rings. The van der Waals surface area contributed by atoms with Crippen LogP contribution in [0.5, 0.6) is 0 Å². The third-order valence-corrected chi connectivity index (χ3v) is 6.71. The number of amides is 1. The molecule has 0 spiro atoms. The number of hydrogen-bond acceptors (Lipinski definition) is 3. The Morgan fingerprint density at radius 1 is 1.00 bits per heavy atom. The van der Waals surface area contributed by atoms with Crippen molar-refractivity contribution in [3.05, 3.63) is 100 Å². The average molecular weight is 505 g/mol. The highest BCUT2D eigenvalue weighted by Gasteiger charge is 2.27. The molecule has 8 heteroatoms. The minimum Gasteiger partial charge on any atom is -0.348 e. The first-order chi connectivity index (χ1) is 14.7. The van der Waals surface area contributed by atoms with Gasteiger partial charge in [0.1, 0.15) is 11.9 Å². The molecule has 2 unspecified atom stereocenters. The van der Waals surface area contributed by atoms with E-state index in [1.54, 1.807) is 0 Å². The van der Waals surface area contributed by atoms with E-state index in [2.05, 4.69) is 26.0 Å². The quantitative estimate of drug-likeness (QED) is 0.478.